The van der Waals surface area contributed by atoms with E-state index in [-0.39, 0.29) is 6.04 Å². The Bertz CT molecular complexity index is 340. The number of nitrogens with two attached hydrogens (primary N) is 1. The fourth-order valence-corrected chi connectivity index (χ4v) is 2.15. The first-order valence-electron chi connectivity index (χ1n) is 6.60. The van der Waals surface area contributed by atoms with Crippen molar-refractivity contribution in [3.05, 3.63) is 34.9 Å². The Morgan fingerprint density at radius 1 is 1.12 bits per heavy atom. The Hall–Kier alpha value is -0.820. The summed E-state index contributed by atoms with van der Waals surface area (Å²) in [5.41, 5.74) is 10.8. The normalized spacial score (nSPS) is 13.8. The molecule has 0 heterocycles. The molecule has 0 fully saturated rings. The summed E-state index contributed by atoms with van der Waals surface area (Å²) in [5, 5.41) is 0. The Morgan fingerprint density at radius 3 is 2.12 bits per heavy atom. The van der Waals surface area contributed by atoms with E-state index >= 15 is 0 Å². The zero-order valence-electron chi connectivity index (χ0n) is 12.0. The zero-order chi connectivity index (χ0) is 13.1. The van der Waals surface area contributed by atoms with Crippen LogP contribution < -0.4 is 5.73 Å². The van der Waals surface area contributed by atoms with Crippen LogP contribution in [0.15, 0.2) is 18.2 Å². The van der Waals surface area contributed by atoms with Gasteiger partial charge in [-0.25, -0.2) is 0 Å². The van der Waals surface area contributed by atoms with Gasteiger partial charge in [0.15, 0.2) is 0 Å². The molecular formula is C16H27N. The molecule has 0 saturated heterocycles. The first kappa shape index (κ1) is 14.2. The van der Waals surface area contributed by atoms with Gasteiger partial charge in [0.25, 0.3) is 0 Å². The highest BCUT2D eigenvalue weighted by Crippen LogP contribution is 2.23. The second-order valence-corrected chi connectivity index (χ2v) is 6.43. The van der Waals surface area contributed by atoms with Crippen molar-refractivity contribution in [2.45, 2.75) is 59.9 Å². The van der Waals surface area contributed by atoms with E-state index in [1.165, 1.54) is 23.1 Å². The van der Waals surface area contributed by atoms with Crippen LogP contribution in [-0.2, 0) is 6.42 Å². The highest BCUT2D eigenvalue weighted by atomic mass is 14.6. The molecule has 0 spiro atoms. The first-order chi connectivity index (χ1) is 7.79. The minimum absolute atomic E-state index is 0.286. The molecule has 0 saturated carbocycles. The van der Waals surface area contributed by atoms with Gasteiger partial charge >= 0.3 is 0 Å². The first-order valence-corrected chi connectivity index (χ1v) is 6.60. The third-order valence-electron chi connectivity index (χ3n) is 3.38. The fraction of sp³-hybridized carbons (Fsp3) is 0.625. The summed E-state index contributed by atoms with van der Waals surface area (Å²) < 4.78 is 0. The molecule has 0 radical (unpaired) electrons. The van der Waals surface area contributed by atoms with Gasteiger partial charge in [-0.05, 0) is 55.2 Å². The van der Waals surface area contributed by atoms with Crippen LogP contribution in [0.5, 0.6) is 0 Å². The molecule has 0 aliphatic carbocycles. The molecule has 0 bridgehead atoms. The summed E-state index contributed by atoms with van der Waals surface area (Å²) >= 11 is 0. The molecule has 1 aromatic carbocycles. The van der Waals surface area contributed by atoms with Crippen LogP contribution in [-0.4, -0.2) is 6.04 Å². The van der Waals surface area contributed by atoms with E-state index in [1.54, 1.807) is 0 Å². The second kappa shape index (κ2) is 5.68. The van der Waals surface area contributed by atoms with E-state index in [2.05, 4.69) is 52.8 Å². The predicted octanol–water partition coefficient (Wildman–Crippen LogP) is 4.00. The van der Waals surface area contributed by atoms with E-state index in [0.717, 1.165) is 12.8 Å². The fourth-order valence-electron chi connectivity index (χ4n) is 2.15. The standard InChI is InChI=1S/C16H27N/c1-12-7-6-8-13(2)15(12)11-14(17)9-10-16(3,4)5/h6-8,14H,9-11,17H2,1-5H3. The van der Waals surface area contributed by atoms with Crippen LogP contribution >= 0.6 is 0 Å². The Morgan fingerprint density at radius 2 is 1.65 bits per heavy atom. The highest BCUT2D eigenvalue weighted by molar-refractivity contribution is 5.34. The maximum atomic E-state index is 6.25. The van der Waals surface area contributed by atoms with Crippen LogP contribution in [0.25, 0.3) is 0 Å². The van der Waals surface area contributed by atoms with Gasteiger partial charge in [-0.1, -0.05) is 39.0 Å². The molecule has 17 heavy (non-hydrogen) atoms. The molecule has 1 nitrogen and oxygen atoms in total. The molecule has 1 unspecified atom stereocenters. The van der Waals surface area contributed by atoms with Crippen LogP contribution in [0, 0.1) is 19.3 Å². The molecular weight excluding hydrogens is 206 g/mol. The van der Waals surface area contributed by atoms with Crippen molar-refractivity contribution >= 4 is 0 Å². The number of hydrogen-bond acceptors (Lipinski definition) is 1. The molecule has 0 aliphatic heterocycles. The molecule has 1 atom stereocenters. The summed E-state index contributed by atoms with van der Waals surface area (Å²) in [7, 11) is 0. The van der Waals surface area contributed by atoms with Gasteiger partial charge < -0.3 is 5.73 Å². The van der Waals surface area contributed by atoms with Gasteiger partial charge in [-0.15, -0.1) is 0 Å². The summed E-state index contributed by atoms with van der Waals surface area (Å²) in [5.74, 6) is 0. The van der Waals surface area contributed by atoms with Crippen molar-refractivity contribution in [2.75, 3.05) is 0 Å². The molecule has 1 heteroatoms. The Kier molecular flexibility index (Phi) is 4.76. The maximum absolute atomic E-state index is 6.25. The van der Waals surface area contributed by atoms with Crippen molar-refractivity contribution in [2.24, 2.45) is 11.1 Å². The lowest BCUT2D eigenvalue weighted by Crippen LogP contribution is -2.25. The molecule has 1 aromatic rings. The Balaban J connectivity index is 2.59. The smallest absolute Gasteiger partial charge is 0.00797 e. The summed E-state index contributed by atoms with van der Waals surface area (Å²) in [6.07, 6.45) is 3.31. The maximum Gasteiger partial charge on any atom is 0.00797 e. The highest BCUT2D eigenvalue weighted by Gasteiger charge is 2.14. The second-order valence-electron chi connectivity index (χ2n) is 6.43. The van der Waals surface area contributed by atoms with Gasteiger partial charge in [-0.2, -0.15) is 0 Å². The van der Waals surface area contributed by atoms with E-state index < -0.39 is 0 Å². The van der Waals surface area contributed by atoms with Crippen molar-refractivity contribution in [3.63, 3.8) is 0 Å². The monoisotopic (exact) mass is 233 g/mol. The van der Waals surface area contributed by atoms with Crippen molar-refractivity contribution in [1.82, 2.24) is 0 Å². The van der Waals surface area contributed by atoms with Crippen molar-refractivity contribution in [3.8, 4) is 0 Å². The average molecular weight is 233 g/mol. The van der Waals surface area contributed by atoms with Crippen LogP contribution in [0.3, 0.4) is 0 Å². The molecule has 0 aliphatic rings. The minimum atomic E-state index is 0.286. The molecule has 0 amide bonds. The van der Waals surface area contributed by atoms with Gasteiger partial charge in [0.05, 0.1) is 0 Å². The summed E-state index contributed by atoms with van der Waals surface area (Å²) in [6, 6.07) is 6.76. The van der Waals surface area contributed by atoms with Gasteiger partial charge in [-0.3, -0.25) is 0 Å². The largest absolute Gasteiger partial charge is 0.327 e. The SMILES string of the molecule is Cc1cccc(C)c1CC(N)CCC(C)(C)C. The predicted molar refractivity (Wildman–Crippen MR) is 76.3 cm³/mol. The third-order valence-corrected chi connectivity index (χ3v) is 3.38. The van der Waals surface area contributed by atoms with Crippen LogP contribution in [0.2, 0.25) is 0 Å². The van der Waals surface area contributed by atoms with Gasteiger partial charge in [0.1, 0.15) is 0 Å². The third kappa shape index (κ3) is 4.91. The molecule has 1 rings (SSSR count). The topological polar surface area (TPSA) is 26.0 Å². The lowest BCUT2D eigenvalue weighted by Gasteiger charge is -2.22. The number of benzene rings is 1. The lowest BCUT2D eigenvalue weighted by molar-refractivity contribution is 0.347. The summed E-state index contributed by atoms with van der Waals surface area (Å²) in [4.78, 5) is 0. The van der Waals surface area contributed by atoms with Crippen LogP contribution in [0.1, 0.15) is 50.3 Å². The van der Waals surface area contributed by atoms with Gasteiger partial charge in [0, 0.05) is 6.04 Å². The zero-order valence-corrected chi connectivity index (χ0v) is 12.0. The molecule has 0 aromatic heterocycles. The van der Waals surface area contributed by atoms with E-state index in [1.807, 2.05) is 0 Å². The summed E-state index contributed by atoms with van der Waals surface area (Å²) in [6.45, 7) is 11.2. The molecule has 96 valence electrons. The van der Waals surface area contributed by atoms with E-state index in [9.17, 15) is 0 Å². The number of aryl methyl sites for hydroxylation is 2. The quantitative estimate of drug-likeness (QED) is 0.835. The number of hydrogen-bond donors (Lipinski definition) is 1. The van der Waals surface area contributed by atoms with E-state index in [4.69, 9.17) is 5.73 Å². The van der Waals surface area contributed by atoms with Crippen molar-refractivity contribution in [1.29, 1.82) is 0 Å². The van der Waals surface area contributed by atoms with Crippen molar-refractivity contribution < 1.29 is 0 Å². The minimum Gasteiger partial charge on any atom is -0.327 e. The average Bonchev–Trinajstić information content (AvgIpc) is 2.20. The molecule has 2 N–H and O–H groups in total. The number of rotatable bonds is 4. The van der Waals surface area contributed by atoms with Crippen LogP contribution in [0.4, 0.5) is 0 Å². The van der Waals surface area contributed by atoms with E-state index in [0.29, 0.717) is 5.41 Å². The Labute approximate surface area is 106 Å². The van der Waals surface area contributed by atoms with Gasteiger partial charge in [0.2, 0.25) is 0 Å². The lowest BCUT2D eigenvalue weighted by atomic mass is 9.86.